The summed E-state index contributed by atoms with van der Waals surface area (Å²) in [5, 5.41) is 5.78. The minimum absolute atomic E-state index is 0.176. The van der Waals surface area contributed by atoms with Crippen LogP contribution in [0.2, 0.25) is 5.28 Å². The van der Waals surface area contributed by atoms with Crippen molar-refractivity contribution < 1.29 is 8.42 Å². The molecule has 2 heterocycles. The molecule has 8 heteroatoms. The number of fused-ring (bicyclic) bond motifs is 1. The SMILES string of the molecule is Cc1cnc(Cl)nc1Nc1ccc2c(c1)CNC2S(=O)(=O)C1CC1. The molecule has 0 saturated heterocycles. The van der Waals surface area contributed by atoms with Crippen molar-refractivity contribution in [1.29, 1.82) is 0 Å². The summed E-state index contributed by atoms with van der Waals surface area (Å²) < 4.78 is 25.0. The molecule has 0 radical (unpaired) electrons. The van der Waals surface area contributed by atoms with E-state index in [-0.39, 0.29) is 10.5 Å². The van der Waals surface area contributed by atoms with Gasteiger partial charge in [-0.15, -0.1) is 0 Å². The van der Waals surface area contributed by atoms with Gasteiger partial charge in [0.15, 0.2) is 9.84 Å². The quantitative estimate of drug-likeness (QED) is 0.811. The van der Waals surface area contributed by atoms with E-state index in [9.17, 15) is 8.42 Å². The molecule has 4 rings (SSSR count). The number of hydrogen-bond acceptors (Lipinski definition) is 6. The minimum Gasteiger partial charge on any atom is -0.340 e. The second-order valence-electron chi connectivity index (χ2n) is 6.26. The van der Waals surface area contributed by atoms with E-state index in [1.165, 1.54) is 0 Å². The molecule has 1 aliphatic carbocycles. The summed E-state index contributed by atoms with van der Waals surface area (Å²) >= 11 is 5.84. The fourth-order valence-electron chi connectivity index (χ4n) is 2.97. The number of aromatic nitrogens is 2. The highest BCUT2D eigenvalue weighted by atomic mass is 35.5. The van der Waals surface area contributed by atoms with Crippen LogP contribution in [0.3, 0.4) is 0 Å². The van der Waals surface area contributed by atoms with Crippen LogP contribution in [0.15, 0.2) is 24.4 Å². The Morgan fingerprint density at radius 3 is 2.88 bits per heavy atom. The zero-order valence-corrected chi connectivity index (χ0v) is 14.7. The van der Waals surface area contributed by atoms with Gasteiger partial charge in [0.25, 0.3) is 0 Å². The fourth-order valence-corrected chi connectivity index (χ4v) is 5.18. The Bertz CT molecular complexity index is 912. The molecule has 24 heavy (non-hydrogen) atoms. The Kier molecular flexibility index (Phi) is 3.74. The maximum absolute atomic E-state index is 12.5. The van der Waals surface area contributed by atoms with Gasteiger partial charge in [-0.1, -0.05) is 6.07 Å². The molecular weight excluding hydrogens is 348 g/mol. The van der Waals surface area contributed by atoms with Gasteiger partial charge in [0.1, 0.15) is 11.2 Å². The van der Waals surface area contributed by atoms with Crippen molar-refractivity contribution in [3.8, 4) is 0 Å². The van der Waals surface area contributed by atoms with Crippen LogP contribution in [0.1, 0.15) is 34.9 Å². The molecule has 1 atom stereocenters. The van der Waals surface area contributed by atoms with E-state index in [1.807, 2.05) is 25.1 Å². The second-order valence-corrected chi connectivity index (χ2v) is 8.91. The zero-order chi connectivity index (χ0) is 16.9. The van der Waals surface area contributed by atoms with Crippen molar-refractivity contribution in [1.82, 2.24) is 15.3 Å². The van der Waals surface area contributed by atoms with Gasteiger partial charge in [-0.3, -0.25) is 5.32 Å². The predicted molar refractivity (Wildman–Crippen MR) is 93.0 cm³/mol. The number of halogens is 1. The molecule has 1 saturated carbocycles. The lowest BCUT2D eigenvalue weighted by Crippen LogP contribution is -2.25. The Morgan fingerprint density at radius 1 is 1.33 bits per heavy atom. The van der Waals surface area contributed by atoms with Crippen LogP contribution < -0.4 is 10.6 Å². The largest absolute Gasteiger partial charge is 0.340 e. The molecule has 2 aromatic rings. The number of rotatable bonds is 4. The maximum Gasteiger partial charge on any atom is 0.224 e. The van der Waals surface area contributed by atoms with Crippen molar-refractivity contribution in [2.75, 3.05) is 5.32 Å². The van der Waals surface area contributed by atoms with Crippen LogP contribution in [0, 0.1) is 6.92 Å². The number of nitrogens with one attached hydrogen (secondary N) is 2. The molecular formula is C16H17ClN4O2S. The molecule has 0 amide bonds. The molecule has 0 spiro atoms. The maximum atomic E-state index is 12.5. The first-order valence-corrected chi connectivity index (χ1v) is 9.79. The summed E-state index contributed by atoms with van der Waals surface area (Å²) in [7, 11) is -3.13. The highest BCUT2D eigenvalue weighted by Gasteiger charge is 2.44. The summed E-state index contributed by atoms with van der Waals surface area (Å²) in [6.07, 6.45) is 3.22. The lowest BCUT2D eigenvalue weighted by Gasteiger charge is -2.14. The molecule has 1 aromatic carbocycles. The monoisotopic (exact) mass is 364 g/mol. The Labute approximate surface area is 145 Å². The topological polar surface area (TPSA) is 84.0 Å². The van der Waals surface area contributed by atoms with E-state index in [0.29, 0.717) is 12.4 Å². The molecule has 126 valence electrons. The van der Waals surface area contributed by atoms with Crippen molar-refractivity contribution in [3.05, 3.63) is 46.4 Å². The standard InChI is InChI=1S/C16H17ClN4O2S/c1-9-7-19-16(17)21-14(9)20-11-2-5-13-10(6-11)8-18-15(13)24(22,23)12-3-4-12/h2,5-7,12,15,18H,3-4,8H2,1H3,(H,19,20,21). The van der Waals surface area contributed by atoms with Gasteiger partial charge in [-0.2, -0.15) is 0 Å². The first kappa shape index (κ1) is 15.8. The second kappa shape index (κ2) is 5.68. The van der Waals surface area contributed by atoms with Crippen LogP contribution in [0.4, 0.5) is 11.5 Å². The van der Waals surface area contributed by atoms with E-state index < -0.39 is 15.2 Å². The highest BCUT2D eigenvalue weighted by Crippen LogP contribution is 2.40. The van der Waals surface area contributed by atoms with Crippen LogP contribution in [-0.4, -0.2) is 23.6 Å². The normalized spacial score (nSPS) is 20.0. The molecule has 1 fully saturated rings. The van der Waals surface area contributed by atoms with E-state index >= 15 is 0 Å². The number of sulfone groups is 1. The van der Waals surface area contributed by atoms with E-state index in [1.54, 1.807) is 6.20 Å². The first-order chi connectivity index (χ1) is 11.4. The first-order valence-electron chi connectivity index (χ1n) is 7.80. The van der Waals surface area contributed by atoms with E-state index in [0.717, 1.165) is 35.2 Å². The van der Waals surface area contributed by atoms with Gasteiger partial charge >= 0.3 is 0 Å². The van der Waals surface area contributed by atoms with Crippen molar-refractivity contribution in [3.63, 3.8) is 0 Å². The van der Waals surface area contributed by atoms with Gasteiger partial charge in [0, 0.05) is 24.0 Å². The smallest absolute Gasteiger partial charge is 0.224 e. The molecule has 1 aliphatic heterocycles. The summed E-state index contributed by atoms with van der Waals surface area (Å²) in [5.41, 5.74) is 3.57. The lowest BCUT2D eigenvalue weighted by atomic mass is 10.1. The van der Waals surface area contributed by atoms with Crippen molar-refractivity contribution in [2.45, 2.75) is 36.9 Å². The summed E-state index contributed by atoms with van der Waals surface area (Å²) in [6.45, 7) is 2.44. The third-order valence-corrected chi connectivity index (χ3v) is 7.09. The predicted octanol–water partition coefficient (Wildman–Crippen LogP) is 2.86. The molecule has 0 bridgehead atoms. The molecule has 2 aliphatic rings. The van der Waals surface area contributed by atoms with Crippen LogP contribution in [0.25, 0.3) is 0 Å². The summed E-state index contributed by atoms with van der Waals surface area (Å²) in [5.74, 6) is 0.642. The summed E-state index contributed by atoms with van der Waals surface area (Å²) in [4.78, 5) is 8.11. The third kappa shape index (κ3) is 2.76. The zero-order valence-electron chi connectivity index (χ0n) is 13.1. The average molecular weight is 365 g/mol. The Morgan fingerprint density at radius 2 is 2.12 bits per heavy atom. The molecule has 6 nitrogen and oxygen atoms in total. The van der Waals surface area contributed by atoms with Crippen LogP contribution in [0.5, 0.6) is 0 Å². The lowest BCUT2D eigenvalue weighted by molar-refractivity contribution is 0.566. The average Bonchev–Trinajstić information content (AvgIpc) is 3.31. The number of anilines is 2. The van der Waals surface area contributed by atoms with Crippen LogP contribution in [-0.2, 0) is 16.4 Å². The van der Waals surface area contributed by atoms with Crippen LogP contribution >= 0.6 is 11.6 Å². The molecule has 1 aromatic heterocycles. The van der Waals surface area contributed by atoms with Gasteiger partial charge in [-0.05, 0) is 54.6 Å². The minimum atomic E-state index is -3.13. The van der Waals surface area contributed by atoms with Gasteiger partial charge in [0.2, 0.25) is 5.28 Å². The van der Waals surface area contributed by atoms with E-state index in [2.05, 4.69) is 20.6 Å². The number of aryl methyl sites for hydroxylation is 1. The number of hydrogen-bond donors (Lipinski definition) is 2. The number of nitrogens with zero attached hydrogens (tertiary/aromatic N) is 2. The molecule has 1 unspecified atom stereocenters. The Balaban J connectivity index is 1.62. The fraction of sp³-hybridized carbons (Fsp3) is 0.375. The van der Waals surface area contributed by atoms with Gasteiger partial charge in [-0.25, -0.2) is 18.4 Å². The summed E-state index contributed by atoms with van der Waals surface area (Å²) in [6, 6.07) is 5.71. The van der Waals surface area contributed by atoms with Gasteiger partial charge in [0.05, 0.1) is 5.25 Å². The highest BCUT2D eigenvalue weighted by molar-refractivity contribution is 7.92. The Hall–Kier alpha value is -1.70. The van der Waals surface area contributed by atoms with E-state index in [4.69, 9.17) is 11.6 Å². The number of benzene rings is 1. The van der Waals surface area contributed by atoms with Crippen molar-refractivity contribution >= 4 is 32.9 Å². The van der Waals surface area contributed by atoms with Crippen molar-refractivity contribution in [2.24, 2.45) is 0 Å². The third-order valence-electron chi connectivity index (χ3n) is 4.43. The van der Waals surface area contributed by atoms with Gasteiger partial charge < -0.3 is 5.32 Å². The molecule has 2 N–H and O–H groups in total.